The molecule has 2 rings (SSSR count). The molecule has 0 bridgehead atoms. The lowest BCUT2D eigenvalue weighted by molar-refractivity contribution is 0.100. The topological polar surface area (TPSA) is 38.0 Å². The van der Waals surface area contributed by atoms with Crippen molar-refractivity contribution in [2.24, 2.45) is 0 Å². The molecule has 0 saturated carbocycles. The Morgan fingerprint density at radius 2 is 2.29 bits per heavy atom. The molecule has 1 aliphatic heterocycles. The smallest absolute Gasteiger partial charge is 0.182 e. The second-order valence-electron chi connectivity index (χ2n) is 5.77. The van der Waals surface area contributed by atoms with Crippen LogP contribution in [0.15, 0.2) is 6.20 Å². The SMILES string of the molecule is CC(C)(C)c1cn(CCC2CCCO2)c(=N)s1. The van der Waals surface area contributed by atoms with Crippen LogP contribution < -0.4 is 4.80 Å². The molecule has 2 heterocycles. The highest BCUT2D eigenvalue weighted by molar-refractivity contribution is 7.09. The second kappa shape index (κ2) is 4.94. The Kier molecular flexibility index (Phi) is 3.73. The van der Waals surface area contributed by atoms with Crippen LogP contribution in [0.4, 0.5) is 0 Å². The molecule has 1 aliphatic rings. The van der Waals surface area contributed by atoms with Gasteiger partial charge in [-0.05, 0) is 24.7 Å². The van der Waals surface area contributed by atoms with Gasteiger partial charge < -0.3 is 9.30 Å². The molecule has 1 unspecified atom stereocenters. The third kappa shape index (κ3) is 3.19. The maximum absolute atomic E-state index is 7.99. The van der Waals surface area contributed by atoms with Crippen molar-refractivity contribution in [3.05, 3.63) is 15.9 Å². The van der Waals surface area contributed by atoms with E-state index in [0.717, 1.165) is 19.6 Å². The molecule has 1 fully saturated rings. The molecule has 1 aromatic heterocycles. The van der Waals surface area contributed by atoms with Crippen molar-refractivity contribution in [1.82, 2.24) is 4.57 Å². The zero-order chi connectivity index (χ0) is 12.5. The van der Waals surface area contributed by atoms with Gasteiger partial charge in [-0.1, -0.05) is 20.8 Å². The van der Waals surface area contributed by atoms with Crippen LogP contribution in [-0.4, -0.2) is 17.3 Å². The number of aryl methyl sites for hydroxylation is 1. The van der Waals surface area contributed by atoms with E-state index in [0.29, 0.717) is 10.9 Å². The zero-order valence-corrected chi connectivity index (χ0v) is 11.8. The zero-order valence-electron chi connectivity index (χ0n) is 11.0. The highest BCUT2D eigenvalue weighted by Gasteiger charge is 2.19. The van der Waals surface area contributed by atoms with Gasteiger partial charge in [0, 0.05) is 24.2 Å². The van der Waals surface area contributed by atoms with Crippen LogP contribution in [0.3, 0.4) is 0 Å². The van der Waals surface area contributed by atoms with Crippen LogP contribution >= 0.6 is 11.3 Å². The summed E-state index contributed by atoms with van der Waals surface area (Å²) in [6.07, 6.45) is 5.98. The third-order valence-electron chi connectivity index (χ3n) is 3.20. The fraction of sp³-hybridized carbons (Fsp3) is 0.769. The van der Waals surface area contributed by atoms with Crippen LogP contribution in [-0.2, 0) is 16.7 Å². The van der Waals surface area contributed by atoms with Crippen molar-refractivity contribution in [2.75, 3.05) is 6.61 Å². The number of thiazole rings is 1. The largest absolute Gasteiger partial charge is 0.378 e. The molecule has 1 N–H and O–H groups in total. The lowest BCUT2D eigenvalue weighted by atomic mass is 9.95. The number of nitrogens with zero attached hydrogens (tertiary/aromatic N) is 1. The molecule has 1 aromatic rings. The first kappa shape index (κ1) is 12.8. The quantitative estimate of drug-likeness (QED) is 0.885. The van der Waals surface area contributed by atoms with Crippen LogP contribution in [0, 0.1) is 5.41 Å². The summed E-state index contributed by atoms with van der Waals surface area (Å²) < 4.78 is 7.68. The van der Waals surface area contributed by atoms with Gasteiger partial charge in [-0.3, -0.25) is 5.41 Å². The van der Waals surface area contributed by atoms with Crippen LogP contribution in [0.5, 0.6) is 0 Å². The molecule has 3 nitrogen and oxygen atoms in total. The normalized spacial score (nSPS) is 21.0. The van der Waals surface area contributed by atoms with E-state index in [-0.39, 0.29) is 5.41 Å². The Balaban J connectivity index is 2.01. The Morgan fingerprint density at radius 1 is 1.53 bits per heavy atom. The van der Waals surface area contributed by atoms with E-state index < -0.39 is 0 Å². The van der Waals surface area contributed by atoms with Crippen molar-refractivity contribution in [3.63, 3.8) is 0 Å². The maximum Gasteiger partial charge on any atom is 0.182 e. The van der Waals surface area contributed by atoms with E-state index in [1.165, 1.54) is 17.7 Å². The van der Waals surface area contributed by atoms with Gasteiger partial charge in [0.25, 0.3) is 0 Å². The Hall–Kier alpha value is -0.610. The monoisotopic (exact) mass is 254 g/mol. The predicted octanol–water partition coefficient (Wildman–Crippen LogP) is 2.90. The number of aromatic nitrogens is 1. The first-order valence-electron chi connectivity index (χ1n) is 6.34. The molecule has 0 radical (unpaired) electrons. The number of hydrogen-bond donors (Lipinski definition) is 1. The van der Waals surface area contributed by atoms with E-state index in [9.17, 15) is 0 Å². The highest BCUT2D eigenvalue weighted by Crippen LogP contribution is 2.24. The van der Waals surface area contributed by atoms with Crippen molar-refractivity contribution >= 4 is 11.3 Å². The number of hydrogen-bond acceptors (Lipinski definition) is 3. The average Bonchev–Trinajstić information content (AvgIpc) is 2.83. The van der Waals surface area contributed by atoms with E-state index in [1.807, 2.05) is 0 Å². The van der Waals surface area contributed by atoms with Gasteiger partial charge in [0.2, 0.25) is 0 Å². The molecule has 1 atom stereocenters. The van der Waals surface area contributed by atoms with Crippen LogP contribution in [0.2, 0.25) is 0 Å². The summed E-state index contributed by atoms with van der Waals surface area (Å²) >= 11 is 1.59. The van der Waals surface area contributed by atoms with Crippen molar-refractivity contribution in [3.8, 4) is 0 Å². The highest BCUT2D eigenvalue weighted by atomic mass is 32.1. The maximum atomic E-state index is 7.99. The van der Waals surface area contributed by atoms with Crippen molar-refractivity contribution < 1.29 is 4.74 Å². The molecule has 1 saturated heterocycles. The van der Waals surface area contributed by atoms with E-state index in [4.69, 9.17) is 10.1 Å². The summed E-state index contributed by atoms with van der Waals surface area (Å²) in [4.78, 5) is 1.95. The second-order valence-corrected chi connectivity index (χ2v) is 6.80. The minimum Gasteiger partial charge on any atom is -0.378 e. The Morgan fingerprint density at radius 3 is 2.82 bits per heavy atom. The average molecular weight is 254 g/mol. The van der Waals surface area contributed by atoms with Gasteiger partial charge in [0.1, 0.15) is 0 Å². The summed E-state index contributed by atoms with van der Waals surface area (Å²) in [5.74, 6) is 0. The molecule has 96 valence electrons. The van der Waals surface area contributed by atoms with Crippen molar-refractivity contribution in [2.45, 2.75) is 58.1 Å². The lowest BCUT2D eigenvalue weighted by Gasteiger charge is -2.14. The number of rotatable bonds is 3. The van der Waals surface area contributed by atoms with Crippen LogP contribution in [0.25, 0.3) is 0 Å². The van der Waals surface area contributed by atoms with Gasteiger partial charge in [-0.25, -0.2) is 0 Å². The first-order chi connectivity index (χ1) is 7.97. The fourth-order valence-electron chi connectivity index (χ4n) is 2.06. The van der Waals surface area contributed by atoms with Crippen molar-refractivity contribution in [1.29, 1.82) is 5.41 Å². The van der Waals surface area contributed by atoms with Crippen LogP contribution in [0.1, 0.15) is 44.9 Å². The molecular formula is C13H22N2OS. The molecule has 0 amide bonds. The molecule has 0 aliphatic carbocycles. The molecule has 0 aromatic carbocycles. The molecule has 4 heteroatoms. The predicted molar refractivity (Wildman–Crippen MR) is 70.5 cm³/mol. The van der Waals surface area contributed by atoms with Gasteiger partial charge in [0.15, 0.2) is 4.80 Å². The summed E-state index contributed by atoms with van der Waals surface area (Å²) in [5, 5.41) is 7.99. The summed E-state index contributed by atoms with van der Waals surface area (Å²) in [7, 11) is 0. The standard InChI is InChI=1S/C13H22N2OS/c1-13(2,3)11-9-15(12(14)17-11)7-6-10-5-4-8-16-10/h9-10,14H,4-8H2,1-3H3. The Bertz CT molecular complexity index is 421. The van der Waals surface area contributed by atoms with Gasteiger partial charge in [-0.2, -0.15) is 0 Å². The van der Waals surface area contributed by atoms with Gasteiger partial charge in [-0.15, -0.1) is 11.3 Å². The van der Waals surface area contributed by atoms with Gasteiger partial charge >= 0.3 is 0 Å². The summed E-state index contributed by atoms with van der Waals surface area (Å²) in [5.41, 5.74) is 0.148. The van der Waals surface area contributed by atoms with E-state index in [1.54, 1.807) is 11.3 Å². The number of nitrogens with one attached hydrogen (secondary N) is 1. The summed E-state index contributed by atoms with van der Waals surface area (Å²) in [6.45, 7) is 8.42. The van der Waals surface area contributed by atoms with E-state index >= 15 is 0 Å². The molecule has 17 heavy (non-hydrogen) atoms. The summed E-state index contributed by atoms with van der Waals surface area (Å²) in [6, 6.07) is 0. The fourth-order valence-corrected chi connectivity index (χ4v) is 3.01. The lowest BCUT2D eigenvalue weighted by Crippen LogP contribution is -2.16. The van der Waals surface area contributed by atoms with E-state index in [2.05, 4.69) is 31.5 Å². The Labute approximate surface area is 107 Å². The molecular weight excluding hydrogens is 232 g/mol. The minimum absolute atomic E-state index is 0.148. The molecule has 0 spiro atoms. The van der Waals surface area contributed by atoms with Gasteiger partial charge in [0.05, 0.1) is 6.10 Å². The first-order valence-corrected chi connectivity index (χ1v) is 7.15. The third-order valence-corrected chi connectivity index (χ3v) is 4.56. The number of ether oxygens (including phenoxy) is 1. The minimum atomic E-state index is 0.148.